The molecule has 3 N–H and O–H groups in total. The number of nitrogens with zero attached hydrogens (tertiary/aromatic N) is 3. The summed E-state index contributed by atoms with van der Waals surface area (Å²) < 4.78 is 11.5. The van der Waals surface area contributed by atoms with Crippen molar-refractivity contribution < 1.29 is 23.9 Å². The van der Waals surface area contributed by atoms with Crippen molar-refractivity contribution in [1.82, 2.24) is 20.2 Å². The molecule has 6 radical (unpaired) electrons. The van der Waals surface area contributed by atoms with Gasteiger partial charge in [0.2, 0.25) is 5.91 Å². The summed E-state index contributed by atoms with van der Waals surface area (Å²) in [6.45, 7) is 4.89. The maximum absolute atomic E-state index is 13.2. The fourth-order valence-corrected chi connectivity index (χ4v) is 5.72. The Labute approximate surface area is 257 Å². The molecular formula is C28H29B3N6O5S. The molecule has 2 aromatic heterocycles. The second-order valence-electron chi connectivity index (χ2n) is 10.8. The molecule has 1 saturated carbocycles. The van der Waals surface area contributed by atoms with E-state index in [2.05, 4.69) is 25.9 Å². The first-order valence-electron chi connectivity index (χ1n) is 13.8. The summed E-state index contributed by atoms with van der Waals surface area (Å²) in [6, 6.07) is 6.89. The maximum Gasteiger partial charge on any atom is 0.265 e. The number of methoxy groups -OCH3 is 1. The largest absolute Gasteiger partial charge is 0.494 e. The van der Waals surface area contributed by atoms with Gasteiger partial charge >= 0.3 is 0 Å². The summed E-state index contributed by atoms with van der Waals surface area (Å²) in [5, 5.41) is 6.89. The van der Waals surface area contributed by atoms with Gasteiger partial charge in [0, 0.05) is 31.3 Å². The molecule has 43 heavy (non-hydrogen) atoms. The second-order valence-corrected chi connectivity index (χ2v) is 11.8. The molecular weight excluding hydrogens is 565 g/mol. The molecule has 11 nitrogen and oxygen atoms in total. The number of nitrogens with one attached hydrogen (secondary N) is 3. The molecule has 3 aromatic rings. The van der Waals surface area contributed by atoms with E-state index in [1.165, 1.54) is 30.7 Å². The van der Waals surface area contributed by atoms with Crippen molar-refractivity contribution >= 4 is 69.8 Å². The molecule has 3 amide bonds. The minimum absolute atomic E-state index is 0.0459. The van der Waals surface area contributed by atoms with Gasteiger partial charge in [-0.2, -0.15) is 0 Å². The van der Waals surface area contributed by atoms with E-state index in [1.807, 2.05) is 19.9 Å². The Bertz CT molecular complexity index is 1530. The fourth-order valence-electron chi connectivity index (χ4n) is 4.81. The number of carbonyl (C=O) groups excluding carboxylic acids is 3. The topological polar surface area (TPSA) is 135 Å². The SMILES string of the molecule is [B]C([B])([B])NC(=O)c1cnc(NC(=O)C2CC2)cc1Nc1cccc(-c2ncc(C(=O)N3C[C@@H](C)O[C@@H](C)C3)s2)c1OC. The Morgan fingerprint density at radius 3 is 2.44 bits per heavy atom. The highest BCUT2D eigenvalue weighted by Crippen LogP contribution is 2.40. The molecule has 1 aromatic carbocycles. The number of hydrogen-bond donors (Lipinski definition) is 3. The minimum atomic E-state index is -1.97. The van der Waals surface area contributed by atoms with E-state index in [1.54, 1.807) is 23.2 Å². The summed E-state index contributed by atoms with van der Waals surface area (Å²) in [4.78, 5) is 49.6. The van der Waals surface area contributed by atoms with Crippen molar-refractivity contribution in [2.45, 2.75) is 44.1 Å². The highest BCUT2D eigenvalue weighted by atomic mass is 32.1. The molecule has 0 bridgehead atoms. The van der Waals surface area contributed by atoms with Crippen LogP contribution in [0.3, 0.4) is 0 Å². The van der Waals surface area contributed by atoms with Crippen LogP contribution in [0.4, 0.5) is 17.2 Å². The van der Waals surface area contributed by atoms with Crippen LogP contribution in [-0.2, 0) is 9.53 Å². The van der Waals surface area contributed by atoms with Gasteiger partial charge in [0.25, 0.3) is 11.8 Å². The zero-order valence-electron chi connectivity index (χ0n) is 24.0. The quantitative estimate of drug-likeness (QED) is 0.322. The molecule has 1 saturated heterocycles. The van der Waals surface area contributed by atoms with Crippen LogP contribution in [-0.4, -0.2) is 93.8 Å². The van der Waals surface area contributed by atoms with Gasteiger partial charge in [-0.1, -0.05) is 11.3 Å². The first-order chi connectivity index (χ1) is 20.4. The van der Waals surface area contributed by atoms with Gasteiger partial charge in [-0.3, -0.25) is 14.4 Å². The number of carbonyl (C=O) groups is 3. The van der Waals surface area contributed by atoms with Crippen molar-refractivity contribution in [1.29, 1.82) is 0 Å². The molecule has 0 spiro atoms. The predicted molar refractivity (Wildman–Crippen MR) is 166 cm³/mol. The third-order valence-electron chi connectivity index (χ3n) is 6.82. The van der Waals surface area contributed by atoms with Crippen LogP contribution in [0.2, 0.25) is 0 Å². The number of rotatable bonds is 9. The predicted octanol–water partition coefficient (Wildman–Crippen LogP) is 2.40. The number of anilines is 3. The van der Waals surface area contributed by atoms with Crippen molar-refractivity contribution in [2.75, 3.05) is 30.8 Å². The number of morpholine rings is 1. The first kappa shape index (κ1) is 30.6. The van der Waals surface area contributed by atoms with Gasteiger partial charge < -0.3 is 30.3 Å². The molecule has 15 heteroatoms. The van der Waals surface area contributed by atoms with Gasteiger partial charge in [-0.15, -0.1) is 11.3 Å². The number of benzene rings is 1. The van der Waals surface area contributed by atoms with E-state index < -0.39 is 11.1 Å². The summed E-state index contributed by atoms with van der Waals surface area (Å²) >= 11 is 1.25. The van der Waals surface area contributed by atoms with Crippen molar-refractivity contribution in [3.63, 3.8) is 0 Å². The van der Waals surface area contributed by atoms with E-state index in [9.17, 15) is 14.4 Å². The third-order valence-corrected chi connectivity index (χ3v) is 7.84. The zero-order chi connectivity index (χ0) is 30.9. The number of para-hydroxylation sites is 1. The molecule has 1 aliphatic heterocycles. The number of ether oxygens (including phenoxy) is 2. The number of pyridine rings is 1. The molecule has 1 aliphatic carbocycles. The summed E-state index contributed by atoms with van der Waals surface area (Å²) in [6.07, 6.45) is 4.38. The molecule has 5 rings (SSSR count). The fraction of sp³-hybridized carbons (Fsp3) is 0.393. The molecule has 2 fully saturated rings. The lowest BCUT2D eigenvalue weighted by atomic mass is 9.49. The monoisotopic (exact) mass is 594 g/mol. The number of thiazole rings is 1. The smallest absolute Gasteiger partial charge is 0.265 e. The lowest BCUT2D eigenvalue weighted by Crippen LogP contribution is -2.50. The molecule has 3 heterocycles. The lowest BCUT2D eigenvalue weighted by molar-refractivity contribution is -0.117. The average molecular weight is 594 g/mol. The van der Waals surface area contributed by atoms with Crippen LogP contribution in [0.25, 0.3) is 10.6 Å². The van der Waals surface area contributed by atoms with Gasteiger partial charge in [0.05, 0.1) is 71.6 Å². The Hall–Kier alpha value is -3.84. The van der Waals surface area contributed by atoms with E-state index in [4.69, 9.17) is 33.0 Å². The second kappa shape index (κ2) is 12.4. The van der Waals surface area contributed by atoms with Crippen LogP contribution in [0.5, 0.6) is 5.75 Å². The van der Waals surface area contributed by atoms with Crippen molar-refractivity contribution in [2.24, 2.45) is 5.92 Å². The van der Waals surface area contributed by atoms with Crippen LogP contribution in [0.15, 0.2) is 36.7 Å². The van der Waals surface area contributed by atoms with E-state index in [0.29, 0.717) is 40.0 Å². The summed E-state index contributed by atoms with van der Waals surface area (Å²) in [5.74, 6) is -0.316. The van der Waals surface area contributed by atoms with Gasteiger partial charge in [0.1, 0.15) is 15.7 Å². The van der Waals surface area contributed by atoms with E-state index in [0.717, 1.165) is 12.8 Å². The molecule has 2 aliphatic rings. The third kappa shape index (κ3) is 7.39. The number of amides is 3. The Balaban J connectivity index is 1.45. The average Bonchev–Trinajstić information content (AvgIpc) is 3.68. The standard InChI is InChI=1S/C28H29B3N6O5S/c1-14-12-37(13-15(2)42-14)27(40)21-11-33-26(43-21)17-5-4-6-19(23(17)41-3)34-20-9-22(35-24(38)16-7-8-16)32-10-18(20)25(39)36-28(29,30)31/h4-6,9-11,14-16H,7-8,12-13H2,1-3H3,(H,36,39)(H2,32,34,35,38)/t14-,15+. The Morgan fingerprint density at radius 2 is 1.79 bits per heavy atom. The molecule has 2 atom stereocenters. The van der Waals surface area contributed by atoms with Gasteiger partial charge in [-0.05, 0) is 38.8 Å². The normalized spacial score (nSPS) is 18.5. The number of hydrogen-bond acceptors (Lipinski definition) is 9. The Morgan fingerprint density at radius 1 is 1.07 bits per heavy atom. The summed E-state index contributed by atoms with van der Waals surface area (Å²) in [5.41, 5.74) is 1.47. The van der Waals surface area contributed by atoms with Gasteiger partial charge in [0.15, 0.2) is 5.75 Å². The minimum Gasteiger partial charge on any atom is -0.494 e. The van der Waals surface area contributed by atoms with Gasteiger partial charge in [-0.25, -0.2) is 9.97 Å². The van der Waals surface area contributed by atoms with E-state index in [-0.39, 0.29) is 47.0 Å². The Kier molecular flexibility index (Phi) is 8.84. The molecule has 0 unspecified atom stereocenters. The number of aromatic nitrogens is 2. The van der Waals surface area contributed by atoms with Crippen molar-refractivity contribution in [3.05, 3.63) is 47.1 Å². The first-order valence-corrected chi connectivity index (χ1v) is 14.6. The van der Waals surface area contributed by atoms with Crippen molar-refractivity contribution in [3.8, 4) is 16.3 Å². The van der Waals surface area contributed by atoms with Crippen LogP contribution >= 0.6 is 11.3 Å². The van der Waals surface area contributed by atoms with E-state index >= 15 is 0 Å². The van der Waals surface area contributed by atoms with Crippen LogP contribution in [0.1, 0.15) is 46.7 Å². The van der Waals surface area contributed by atoms with Crippen LogP contribution in [0, 0.1) is 5.92 Å². The maximum atomic E-state index is 13.2. The highest BCUT2D eigenvalue weighted by Gasteiger charge is 2.31. The highest BCUT2D eigenvalue weighted by molar-refractivity contribution is 7.17. The van der Waals surface area contributed by atoms with Crippen LogP contribution < -0.4 is 20.7 Å². The zero-order valence-corrected chi connectivity index (χ0v) is 24.9. The lowest BCUT2D eigenvalue weighted by Gasteiger charge is -2.35. The molecule has 216 valence electrons. The summed E-state index contributed by atoms with van der Waals surface area (Å²) in [7, 11) is 18.3.